The lowest BCUT2D eigenvalue weighted by Gasteiger charge is -2.11. The van der Waals surface area contributed by atoms with Crippen LogP contribution in [0.1, 0.15) is 11.4 Å². The Morgan fingerprint density at radius 3 is 2.95 bits per heavy atom. The van der Waals surface area contributed by atoms with Crippen LogP contribution >= 0.6 is 0 Å². The van der Waals surface area contributed by atoms with Crippen molar-refractivity contribution in [3.8, 4) is 0 Å². The highest BCUT2D eigenvalue weighted by Gasteiger charge is 2.05. The molecular formula is C15H17N5. The number of imidazole rings is 1. The second-order valence-corrected chi connectivity index (χ2v) is 4.83. The SMILES string of the molecule is Cc1cc2c(NCCc3cnc[nH]3)ccc(N)c2cn1. The number of nitrogens with two attached hydrogens (primary N) is 1. The van der Waals surface area contributed by atoms with Crippen LogP contribution in [-0.2, 0) is 6.42 Å². The first-order valence-corrected chi connectivity index (χ1v) is 6.60. The molecule has 20 heavy (non-hydrogen) atoms. The summed E-state index contributed by atoms with van der Waals surface area (Å²) in [6.07, 6.45) is 6.27. The zero-order chi connectivity index (χ0) is 13.9. The fraction of sp³-hybridized carbons (Fsp3) is 0.200. The predicted molar refractivity (Wildman–Crippen MR) is 81.7 cm³/mol. The molecule has 0 unspecified atom stereocenters. The Kier molecular flexibility index (Phi) is 3.25. The van der Waals surface area contributed by atoms with E-state index in [0.29, 0.717) is 0 Å². The monoisotopic (exact) mass is 267 g/mol. The summed E-state index contributed by atoms with van der Waals surface area (Å²) in [4.78, 5) is 11.4. The molecule has 0 fully saturated rings. The summed E-state index contributed by atoms with van der Waals surface area (Å²) >= 11 is 0. The highest BCUT2D eigenvalue weighted by molar-refractivity contribution is 6.00. The first-order valence-electron chi connectivity index (χ1n) is 6.60. The number of nitrogen functional groups attached to an aromatic ring is 1. The van der Waals surface area contributed by atoms with Gasteiger partial charge in [0.05, 0.1) is 6.33 Å². The summed E-state index contributed by atoms with van der Waals surface area (Å²) < 4.78 is 0. The average Bonchev–Trinajstić information content (AvgIpc) is 2.94. The minimum absolute atomic E-state index is 0.756. The molecule has 0 bridgehead atoms. The van der Waals surface area contributed by atoms with Crippen LogP contribution in [0.25, 0.3) is 10.8 Å². The summed E-state index contributed by atoms with van der Waals surface area (Å²) in [5.41, 5.74) is 9.95. The Bertz CT molecular complexity index is 718. The number of fused-ring (bicyclic) bond motifs is 1. The molecule has 3 aromatic rings. The van der Waals surface area contributed by atoms with Gasteiger partial charge in [0, 0.05) is 58.9 Å². The molecule has 3 rings (SSSR count). The van der Waals surface area contributed by atoms with Crippen molar-refractivity contribution < 1.29 is 0 Å². The third kappa shape index (κ3) is 2.42. The van der Waals surface area contributed by atoms with Crippen molar-refractivity contribution in [1.29, 1.82) is 0 Å². The number of aryl methyl sites for hydroxylation is 1. The summed E-state index contributed by atoms with van der Waals surface area (Å²) in [6, 6.07) is 5.99. The van der Waals surface area contributed by atoms with Gasteiger partial charge in [0.25, 0.3) is 0 Å². The van der Waals surface area contributed by atoms with Gasteiger partial charge in [-0.3, -0.25) is 4.98 Å². The number of aromatic amines is 1. The number of hydrogen-bond donors (Lipinski definition) is 3. The third-order valence-corrected chi connectivity index (χ3v) is 3.34. The molecule has 1 aromatic carbocycles. The zero-order valence-electron chi connectivity index (χ0n) is 11.4. The van der Waals surface area contributed by atoms with Crippen LogP contribution in [0.5, 0.6) is 0 Å². The molecule has 102 valence electrons. The van der Waals surface area contributed by atoms with E-state index in [-0.39, 0.29) is 0 Å². The topological polar surface area (TPSA) is 79.6 Å². The molecule has 0 atom stereocenters. The van der Waals surface area contributed by atoms with Gasteiger partial charge in [0.1, 0.15) is 0 Å². The van der Waals surface area contributed by atoms with Crippen molar-refractivity contribution in [3.05, 3.63) is 48.3 Å². The van der Waals surface area contributed by atoms with Crippen LogP contribution in [0, 0.1) is 6.92 Å². The number of anilines is 2. The number of rotatable bonds is 4. The largest absolute Gasteiger partial charge is 0.398 e. The van der Waals surface area contributed by atoms with E-state index in [1.807, 2.05) is 31.5 Å². The smallest absolute Gasteiger partial charge is 0.0921 e. The molecule has 0 radical (unpaired) electrons. The molecule has 0 aliphatic heterocycles. The van der Waals surface area contributed by atoms with Crippen molar-refractivity contribution in [2.45, 2.75) is 13.3 Å². The molecule has 5 nitrogen and oxygen atoms in total. The molecule has 2 aromatic heterocycles. The van der Waals surface area contributed by atoms with Gasteiger partial charge in [-0.15, -0.1) is 0 Å². The maximum absolute atomic E-state index is 6.00. The molecule has 0 amide bonds. The van der Waals surface area contributed by atoms with Crippen molar-refractivity contribution in [2.75, 3.05) is 17.6 Å². The minimum atomic E-state index is 0.756. The third-order valence-electron chi connectivity index (χ3n) is 3.34. The Labute approximate surface area is 117 Å². The molecule has 0 saturated carbocycles. The predicted octanol–water partition coefficient (Wildman–Crippen LogP) is 2.50. The summed E-state index contributed by atoms with van der Waals surface area (Å²) in [5, 5.41) is 5.55. The number of pyridine rings is 1. The quantitative estimate of drug-likeness (QED) is 0.634. The lowest BCUT2D eigenvalue weighted by Crippen LogP contribution is -2.06. The number of nitrogens with zero attached hydrogens (tertiary/aromatic N) is 2. The van der Waals surface area contributed by atoms with Crippen LogP contribution in [0.2, 0.25) is 0 Å². The van der Waals surface area contributed by atoms with E-state index in [1.54, 1.807) is 6.33 Å². The lowest BCUT2D eigenvalue weighted by atomic mass is 10.1. The van der Waals surface area contributed by atoms with Crippen molar-refractivity contribution >= 4 is 22.1 Å². The Hall–Kier alpha value is -2.56. The van der Waals surface area contributed by atoms with Gasteiger partial charge in [0.15, 0.2) is 0 Å². The number of benzene rings is 1. The Morgan fingerprint density at radius 2 is 2.15 bits per heavy atom. The highest BCUT2D eigenvalue weighted by atomic mass is 14.9. The van der Waals surface area contributed by atoms with Gasteiger partial charge < -0.3 is 16.0 Å². The second-order valence-electron chi connectivity index (χ2n) is 4.83. The molecule has 0 spiro atoms. The molecule has 2 heterocycles. The maximum atomic E-state index is 6.00. The molecule has 0 aliphatic carbocycles. The van der Waals surface area contributed by atoms with Crippen molar-refractivity contribution in [3.63, 3.8) is 0 Å². The van der Waals surface area contributed by atoms with Crippen LogP contribution < -0.4 is 11.1 Å². The van der Waals surface area contributed by atoms with E-state index >= 15 is 0 Å². The Morgan fingerprint density at radius 1 is 1.25 bits per heavy atom. The maximum Gasteiger partial charge on any atom is 0.0921 e. The van der Waals surface area contributed by atoms with Crippen LogP contribution in [-0.4, -0.2) is 21.5 Å². The molecular weight excluding hydrogens is 250 g/mol. The number of aromatic nitrogens is 3. The van der Waals surface area contributed by atoms with Crippen LogP contribution in [0.15, 0.2) is 36.9 Å². The first-order chi connectivity index (χ1) is 9.74. The van der Waals surface area contributed by atoms with E-state index in [1.165, 1.54) is 0 Å². The van der Waals surface area contributed by atoms with Gasteiger partial charge in [-0.05, 0) is 25.1 Å². The number of nitrogens with one attached hydrogen (secondary N) is 2. The first kappa shape index (κ1) is 12.5. The highest BCUT2D eigenvalue weighted by Crippen LogP contribution is 2.28. The normalized spacial score (nSPS) is 10.8. The fourth-order valence-corrected chi connectivity index (χ4v) is 2.27. The Balaban J connectivity index is 1.84. The van der Waals surface area contributed by atoms with E-state index in [4.69, 9.17) is 5.73 Å². The number of hydrogen-bond acceptors (Lipinski definition) is 4. The molecule has 4 N–H and O–H groups in total. The summed E-state index contributed by atoms with van der Waals surface area (Å²) in [7, 11) is 0. The standard InChI is InChI=1S/C15H17N5/c1-10-6-12-13(8-19-10)14(16)2-3-15(12)18-5-4-11-7-17-9-20-11/h2-3,6-9,18H,4-5,16H2,1H3,(H,17,20). The summed E-state index contributed by atoms with van der Waals surface area (Å²) in [6.45, 7) is 2.82. The van der Waals surface area contributed by atoms with Crippen molar-refractivity contribution in [2.24, 2.45) is 0 Å². The zero-order valence-corrected chi connectivity index (χ0v) is 11.4. The average molecular weight is 267 g/mol. The van der Waals surface area contributed by atoms with E-state index in [0.717, 1.165) is 46.5 Å². The molecule has 0 aliphatic rings. The van der Waals surface area contributed by atoms with E-state index in [9.17, 15) is 0 Å². The van der Waals surface area contributed by atoms with Gasteiger partial charge in [-0.25, -0.2) is 4.98 Å². The van der Waals surface area contributed by atoms with Crippen LogP contribution in [0.3, 0.4) is 0 Å². The second kappa shape index (κ2) is 5.21. The van der Waals surface area contributed by atoms with E-state index in [2.05, 4.69) is 26.3 Å². The lowest BCUT2D eigenvalue weighted by molar-refractivity contribution is 0.978. The van der Waals surface area contributed by atoms with Crippen molar-refractivity contribution in [1.82, 2.24) is 15.0 Å². The van der Waals surface area contributed by atoms with Gasteiger partial charge >= 0.3 is 0 Å². The van der Waals surface area contributed by atoms with Crippen LogP contribution in [0.4, 0.5) is 11.4 Å². The minimum Gasteiger partial charge on any atom is -0.398 e. The molecule has 5 heteroatoms. The van der Waals surface area contributed by atoms with E-state index < -0.39 is 0 Å². The van der Waals surface area contributed by atoms with Gasteiger partial charge in [-0.1, -0.05) is 0 Å². The number of H-pyrrole nitrogens is 1. The van der Waals surface area contributed by atoms with Gasteiger partial charge in [-0.2, -0.15) is 0 Å². The molecule has 0 saturated heterocycles. The fourth-order valence-electron chi connectivity index (χ4n) is 2.27. The van der Waals surface area contributed by atoms with Gasteiger partial charge in [0.2, 0.25) is 0 Å². The summed E-state index contributed by atoms with van der Waals surface area (Å²) in [5.74, 6) is 0.